The Kier molecular flexibility index (Phi) is 3.84. The molecule has 8 heteroatoms. The van der Waals surface area contributed by atoms with Crippen molar-refractivity contribution < 1.29 is 8.42 Å². The van der Waals surface area contributed by atoms with Crippen molar-refractivity contribution in [2.75, 3.05) is 4.72 Å². The van der Waals surface area contributed by atoms with E-state index in [0.717, 1.165) is 0 Å². The van der Waals surface area contributed by atoms with Crippen molar-refractivity contribution in [3.8, 4) is 0 Å². The first-order valence-electron chi connectivity index (χ1n) is 4.74. The Bertz CT molecular complexity index is 664. The lowest BCUT2D eigenvalue weighted by Gasteiger charge is -2.08. The minimum Gasteiger partial charge on any atom is -0.262 e. The van der Waals surface area contributed by atoms with Gasteiger partial charge in [0.1, 0.15) is 4.90 Å². The molecule has 1 N–H and O–H groups in total. The van der Waals surface area contributed by atoms with E-state index in [2.05, 4.69) is 30.8 Å². The maximum absolute atomic E-state index is 12.1. The van der Waals surface area contributed by atoms with Gasteiger partial charge in [-0.15, -0.1) is 5.10 Å². The molecule has 0 atom stereocenters. The second-order valence-electron chi connectivity index (χ2n) is 3.29. The molecule has 0 spiro atoms. The normalized spacial score (nSPS) is 11.2. The van der Waals surface area contributed by atoms with Crippen LogP contribution >= 0.6 is 27.5 Å². The van der Waals surface area contributed by atoms with E-state index in [9.17, 15) is 8.42 Å². The van der Waals surface area contributed by atoms with Gasteiger partial charge in [-0.3, -0.25) is 4.72 Å². The van der Waals surface area contributed by atoms with Crippen molar-refractivity contribution in [3.63, 3.8) is 0 Å². The fourth-order valence-corrected chi connectivity index (χ4v) is 3.28. The number of anilines is 1. The van der Waals surface area contributed by atoms with Gasteiger partial charge in [-0.05, 0) is 30.3 Å². The molecule has 18 heavy (non-hydrogen) atoms. The highest BCUT2D eigenvalue weighted by Gasteiger charge is 2.18. The van der Waals surface area contributed by atoms with Gasteiger partial charge in [-0.2, -0.15) is 5.10 Å². The molecule has 0 saturated carbocycles. The SMILES string of the molecule is O=S(=O)(Nc1cccnn1)c1ccc(Br)cc1Cl. The third-order valence-electron chi connectivity index (χ3n) is 1.99. The van der Waals surface area contributed by atoms with Gasteiger partial charge in [-0.25, -0.2) is 8.42 Å². The van der Waals surface area contributed by atoms with Crippen molar-refractivity contribution in [2.24, 2.45) is 0 Å². The van der Waals surface area contributed by atoms with E-state index >= 15 is 0 Å². The van der Waals surface area contributed by atoms with Crippen LogP contribution in [0.15, 0.2) is 45.9 Å². The van der Waals surface area contributed by atoms with Gasteiger partial charge >= 0.3 is 0 Å². The first kappa shape index (κ1) is 13.3. The van der Waals surface area contributed by atoms with Crippen LogP contribution in [-0.4, -0.2) is 18.6 Å². The van der Waals surface area contributed by atoms with Crippen LogP contribution < -0.4 is 4.72 Å². The quantitative estimate of drug-likeness (QED) is 0.925. The summed E-state index contributed by atoms with van der Waals surface area (Å²) in [6.45, 7) is 0. The molecule has 2 rings (SSSR count). The molecule has 0 saturated heterocycles. The zero-order valence-corrected chi connectivity index (χ0v) is 12.0. The van der Waals surface area contributed by atoms with Crippen LogP contribution in [0.1, 0.15) is 0 Å². The molecule has 0 amide bonds. The smallest absolute Gasteiger partial charge is 0.262 e. The molecule has 0 bridgehead atoms. The predicted molar refractivity (Wildman–Crippen MR) is 72.0 cm³/mol. The van der Waals surface area contributed by atoms with E-state index in [1.54, 1.807) is 12.1 Å². The molecule has 0 aliphatic rings. The summed E-state index contributed by atoms with van der Waals surface area (Å²) in [7, 11) is -3.77. The average Bonchev–Trinajstić information content (AvgIpc) is 2.29. The topological polar surface area (TPSA) is 72.0 Å². The Balaban J connectivity index is 2.37. The number of hydrogen-bond acceptors (Lipinski definition) is 4. The number of aromatic nitrogens is 2. The van der Waals surface area contributed by atoms with Gasteiger partial charge in [0, 0.05) is 10.7 Å². The molecule has 1 heterocycles. The van der Waals surface area contributed by atoms with Crippen molar-refractivity contribution in [3.05, 3.63) is 46.0 Å². The van der Waals surface area contributed by atoms with Gasteiger partial charge in [-0.1, -0.05) is 27.5 Å². The summed E-state index contributed by atoms with van der Waals surface area (Å²) in [5.74, 6) is 0.136. The zero-order valence-electron chi connectivity index (χ0n) is 8.84. The number of sulfonamides is 1. The number of nitrogens with one attached hydrogen (secondary N) is 1. The van der Waals surface area contributed by atoms with Gasteiger partial charge < -0.3 is 0 Å². The Hall–Kier alpha value is -1.18. The molecule has 0 aliphatic heterocycles. The predicted octanol–water partition coefficient (Wildman–Crippen LogP) is 2.69. The Morgan fingerprint density at radius 1 is 1.28 bits per heavy atom. The molecular formula is C10H7BrClN3O2S. The molecule has 1 aromatic heterocycles. The molecule has 5 nitrogen and oxygen atoms in total. The van der Waals surface area contributed by atoms with Crippen molar-refractivity contribution in [1.82, 2.24) is 10.2 Å². The molecule has 0 aliphatic carbocycles. The van der Waals surface area contributed by atoms with Crippen molar-refractivity contribution in [1.29, 1.82) is 0 Å². The van der Waals surface area contributed by atoms with E-state index in [0.29, 0.717) is 4.47 Å². The second kappa shape index (κ2) is 5.21. The fraction of sp³-hybridized carbons (Fsp3) is 0. The Morgan fingerprint density at radius 3 is 2.67 bits per heavy atom. The standard InChI is InChI=1S/C10H7BrClN3O2S/c11-7-3-4-9(8(12)6-7)18(16,17)15-10-2-1-5-13-14-10/h1-6H,(H,14,15). The number of rotatable bonds is 3. The minimum atomic E-state index is -3.77. The summed E-state index contributed by atoms with van der Waals surface area (Å²) in [6, 6.07) is 7.58. The van der Waals surface area contributed by atoms with Gasteiger partial charge in [0.2, 0.25) is 0 Å². The number of benzene rings is 1. The van der Waals surface area contributed by atoms with E-state index in [4.69, 9.17) is 11.6 Å². The van der Waals surface area contributed by atoms with E-state index < -0.39 is 10.0 Å². The highest BCUT2D eigenvalue weighted by atomic mass is 79.9. The van der Waals surface area contributed by atoms with Crippen LogP contribution in [0, 0.1) is 0 Å². The lowest BCUT2D eigenvalue weighted by molar-refractivity contribution is 0.601. The second-order valence-corrected chi connectivity index (χ2v) is 6.26. The van der Waals surface area contributed by atoms with Crippen LogP contribution in [0.2, 0.25) is 5.02 Å². The number of halogens is 2. The third kappa shape index (κ3) is 2.98. The molecule has 94 valence electrons. The van der Waals surface area contributed by atoms with Crippen molar-refractivity contribution in [2.45, 2.75) is 4.90 Å². The maximum Gasteiger partial charge on any atom is 0.264 e. The first-order valence-corrected chi connectivity index (χ1v) is 7.40. The minimum absolute atomic E-state index is 0.0157. The zero-order chi connectivity index (χ0) is 13.2. The van der Waals surface area contributed by atoms with Crippen LogP contribution in [0.5, 0.6) is 0 Å². The highest BCUT2D eigenvalue weighted by Crippen LogP contribution is 2.26. The summed E-state index contributed by atoms with van der Waals surface area (Å²) >= 11 is 9.10. The first-order chi connectivity index (χ1) is 8.49. The Labute approximate surface area is 117 Å². The largest absolute Gasteiger partial charge is 0.264 e. The molecule has 0 radical (unpaired) electrons. The molecule has 0 fully saturated rings. The average molecular weight is 349 g/mol. The lowest BCUT2D eigenvalue weighted by Crippen LogP contribution is -2.14. The summed E-state index contributed by atoms with van der Waals surface area (Å²) in [5.41, 5.74) is 0. The summed E-state index contributed by atoms with van der Waals surface area (Å²) in [6.07, 6.45) is 1.45. The van der Waals surface area contributed by atoms with E-state index in [1.807, 2.05) is 0 Å². The fourth-order valence-electron chi connectivity index (χ4n) is 1.24. The van der Waals surface area contributed by atoms with Crippen LogP contribution in [0.3, 0.4) is 0 Å². The third-order valence-corrected chi connectivity index (χ3v) is 4.33. The molecular weight excluding hydrogens is 342 g/mol. The lowest BCUT2D eigenvalue weighted by atomic mass is 10.4. The monoisotopic (exact) mass is 347 g/mol. The van der Waals surface area contributed by atoms with Crippen LogP contribution in [0.25, 0.3) is 0 Å². The summed E-state index contributed by atoms with van der Waals surface area (Å²) < 4.78 is 27.1. The molecule has 2 aromatic rings. The molecule has 0 unspecified atom stereocenters. The van der Waals surface area contributed by atoms with Crippen LogP contribution in [-0.2, 0) is 10.0 Å². The van der Waals surface area contributed by atoms with E-state index in [1.165, 1.54) is 24.4 Å². The van der Waals surface area contributed by atoms with Gasteiger partial charge in [0.15, 0.2) is 5.82 Å². The summed E-state index contributed by atoms with van der Waals surface area (Å²) in [5, 5.41) is 7.35. The maximum atomic E-state index is 12.1. The van der Waals surface area contributed by atoms with Gasteiger partial charge in [0.05, 0.1) is 5.02 Å². The van der Waals surface area contributed by atoms with Crippen molar-refractivity contribution >= 4 is 43.4 Å². The van der Waals surface area contributed by atoms with Crippen LogP contribution in [0.4, 0.5) is 5.82 Å². The van der Waals surface area contributed by atoms with Gasteiger partial charge in [0.25, 0.3) is 10.0 Å². The molecule has 1 aromatic carbocycles. The van der Waals surface area contributed by atoms with E-state index in [-0.39, 0.29) is 15.7 Å². The highest BCUT2D eigenvalue weighted by molar-refractivity contribution is 9.10. The Morgan fingerprint density at radius 2 is 2.06 bits per heavy atom. The number of hydrogen-bond donors (Lipinski definition) is 1. The summed E-state index contributed by atoms with van der Waals surface area (Å²) in [4.78, 5) is -0.0157. The number of nitrogens with zero attached hydrogens (tertiary/aromatic N) is 2.